The molecule has 134 valence electrons. The third kappa shape index (κ3) is 3.53. The highest BCUT2D eigenvalue weighted by Crippen LogP contribution is 2.33. The van der Waals surface area contributed by atoms with Crippen LogP contribution in [0.2, 0.25) is 0 Å². The van der Waals surface area contributed by atoms with E-state index in [1.165, 1.54) is 18.2 Å². The molecule has 1 amide bonds. The van der Waals surface area contributed by atoms with Crippen LogP contribution in [0, 0.1) is 11.6 Å². The highest BCUT2D eigenvalue weighted by Gasteiger charge is 2.34. The number of para-hydroxylation sites is 1. The first-order valence-electron chi connectivity index (χ1n) is 7.11. The summed E-state index contributed by atoms with van der Waals surface area (Å²) >= 11 is 0. The van der Waals surface area contributed by atoms with E-state index in [4.69, 9.17) is 0 Å². The number of aromatic nitrogens is 3. The highest BCUT2D eigenvalue weighted by molar-refractivity contribution is 6.02. The van der Waals surface area contributed by atoms with Crippen LogP contribution in [-0.4, -0.2) is 20.9 Å². The normalized spacial score (nSPS) is 11.4. The number of benzene rings is 2. The molecule has 3 rings (SSSR count). The molecule has 0 saturated heterocycles. The van der Waals surface area contributed by atoms with Gasteiger partial charge in [0.2, 0.25) is 0 Å². The molecule has 1 N–H and O–H groups in total. The van der Waals surface area contributed by atoms with Crippen LogP contribution < -0.4 is 5.32 Å². The third-order valence-corrected chi connectivity index (χ3v) is 3.36. The van der Waals surface area contributed by atoms with E-state index >= 15 is 0 Å². The van der Waals surface area contributed by atoms with Gasteiger partial charge in [-0.1, -0.05) is 17.3 Å². The Morgan fingerprint density at radius 1 is 1.04 bits per heavy atom. The lowest BCUT2D eigenvalue weighted by Crippen LogP contribution is -2.13. The molecule has 0 aliphatic heterocycles. The number of carbonyl (C=O) groups is 1. The van der Waals surface area contributed by atoms with Gasteiger partial charge >= 0.3 is 6.18 Å². The number of nitrogens with one attached hydrogen (secondary N) is 1. The smallest absolute Gasteiger partial charge is 0.320 e. The van der Waals surface area contributed by atoms with Gasteiger partial charge in [-0.3, -0.25) is 4.79 Å². The molecular weight excluding hydrogens is 359 g/mol. The minimum Gasteiger partial charge on any atom is -0.320 e. The Morgan fingerprint density at radius 2 is 1.77 bits per heavy atom. The second kappa shape index (κ2) is 6.54. The number of amides is 1. The second-order valence-corrected chi connectivity index (χ2v) is 5.15. The van der Waals surface area contributed by atoms with Gasteiger partial charge in [-0.25, -0.2) is 13.5 Å². The highest BCUT2D eigenvalue weighted by atomic mass is 19.4. The van der Waals surface area contributed by atoms with Crippen LogP contribution in [0.5, 0.6) is 0 Å². The van der Waals surface area contributed by atoms with Crippen molar-refractivity contribution in [1.82, 2.24) is 15.0 Å². The summed E-state index contributed by atoms with van der Waals surface area (Å²) in [5.41, 5.74) is -1.59. The molecule has 0 spiro atoms. The third-order valence-electron chi connectivity index (χ3n) is 3.36. The van der Waals surface area contributed by atoms with Crippen LogP contribution in [0.1, 0.15) is 16.1 Å². The first-order valence-corrected chi connectivity index (χ1v) is 7.11. The molecule has 3 aromatic rings. The van der Waals surface area contributed by atoms with Crippen molar-refractivity contribution in [2.45, 2.75) is 6.18 Å². The zero-order valence-electron chi connectivity index (χ0n) is 12.8. The van der Waals surface area contributed by atoms with Gasteiger partial charge in [-0.15, -0.1) is 5.10 Å². The van der Waals surface area contributed by atoms with Crippen molar-refractivity contribution in [3.63, 3.8) is 0 Å². The minimum absolute atomic E-state index is 0.0425. The number of carbonyl (C=O) groups excluding carboxylic acids is 1. The molecule has 0 atom stereocenters. The molecule has 0 unspecified atom stereocenters. The number of hydrogen-bond acceptors (Lipinski definition) is 3. The summed E-state index contributed by atoms with van der Waals surface area (Å²) in [5, 5.41) is 9.30. The van der Waals surface area contributed by atoms with Crippen molar-refractivity contribution in [2.24, 2.45) is 0 Å². The second-order valence-electron chi connectivity index (χ2n) is 5.15. The van der Waals surface area contributed by atoms with Crippen molar-refractivity contribution in [3.05, 3.63) is 71.6 Å². The molecule has 0 radical (unpaired) electrons. The minimum atomic E-state index is -4.61. The van der Waals surface area contributed by atoms with Crippen molar-refractivity contribution in [1.29, 1.82) is 0 Å². The fraction of sp³-hybridized carbons (Fsp3) is 0.0625. The van der Waals surface area contributed by atoms with Gasteiger partial charge in [0.25, 0.3) is 5.91 Å². The lowest BCUT2D eigenvalue weighted by Gasteiger charge is -2.11. The van der Waals surface area contributed by atoms with Gasteiger partial charge in [-0.2, -0.15) is 13.2 Å². The number of hydrogen-bond donors (Lipinski definition) is 1. The summed E-state index contributed by atoms with van der Waals surface area (Å²) < 4.78 is 66.0. The standard InChI is InChI=1S/C16H9F5N4O/c17-11-6-5-9(7-12(11)18)22-15(26)13-8-25(24-23-13)14-4-2-1-3-10(14)16(19,20)21/h1-8H,(H,22,26). The molecule has 10 heteroatoms. The fourth-order valence-corrected chi connectivity index (χ4v) is 2.17. The summed E-state index contributed by atoms with van der Waals surface area (Å²) in [6.45, 7) is 0. The Morgan fingerprint density at radius 3 is 2.46 bits per heavy atom. The van der Waals surface area contributed by atoms with E-state index in [2.05, 4.69) is 15.6 Å². The summed E-state index contributed by atoms with van der Waals surface area (Å²) in [7, 11) is 0. The van der Waals surface area contributed by atoms with Gasteiger partial charge in [0, 0.05) is 11.8 Å². The quantitative estimate of drug-likeness (QED) is 0.715. The van der Waals surface area contributed by atoms with Crippen LogP contribution in [-0.2, 0) is 6.18 Å². The average Bonchev–Trinajstić information content (AvgIpc) is 3.07. The van der Waals surface area contributed by atoms with Crippen molar-refractivity contribution in [3.8, 4) is 5.69 Å². The number of alkyl halides is 3. The molecule has 0 aliphatic carbocycles. The fourth-order valence-electron chi connectivity index (χ4n) is 2.17. The lowest BCUT2D eigenvalue weighted by molar-refractivity contribution is -0.137. The first kappa shape index (κ1) is 17.5. The lowest BCUT2D eigenvalue weighted by atomic mass is 10.1. The van der Waals surface area contributed by atoms with Crippen molar-refractivity contribution >= 4 is 11.6 Å². The SMILES string of the molecule is O=C(Nc1ccc(F)c(F)c1)c1cn(-c2ccccc2C(F)(F)F)nn1. The van der Waals surface area contributed by atoms with E-state index in [9.17, 15) is 26.7 Å². The Hall–Kier alpha value is -3.30. The topological polar surface area (TPSA) is 59.8 Å². The molecular formula is C16H9F5N4O. The molecule has 2 aromatic carbocycles. The Balaban J connectivity index is 1.86. The monoisotopic (exact) mass is 368 g/mol. The van der Waals surface area contributed by atoms with Crippen LogP contribution in [0.4, 0.5) is 27.6 Å². The molecule has 0 fully saturated rings. The largest absolute Gasteiger partial charge is 0.418 e. The van der Waals surface area contributed by atoms with E-state index in [1.807, 2.05) is 0 Å². The van der Waals surface area contributed by atoms with E-state index in [-0.39, 0.29) is 17.1 Å². The van der Waals surface area contributed by atoms with Gasteiger partial charge < -0.3 is 5.32 Å². The number of halogens is 5. The van der Waals surface area contributed by atoms with Crippen LogP contribution in [0.25, 0.3) is 5.69 Å². The Bertz CT molecular complexity index is 967. The van der Waals surface area contributed by atoms with E-state index < -0.39 is 29.3 Å². The van der Waals surface area contributed by atoms with Gasteiger partial charge in [0.15, 0.2) is 17.3 Å². The first-order chi connectivity index (χ1) is 12.3. The van der Waals surface area contributed by atoms with Gasteiger partial charge in [0.1, 0.15) is 0 Å². The Kier molecular flexibility index (Phi) is 4.41. The summed E-state index contributed by atoms with van der Waals surface area (Å²) in [6, 6.07) is 7.36. The Labute approximate surface area is 143 Å². The predicted octanol–water partition coefficient (Wildman–Crippen LogP) is 3.82. The molecule has 0 aliphatic rings. The molecule has 5 nitrogen and oxygen atoms in total. The van der Waals surface area contributed by atoms with Crippen LogP contribution in [0.15, 0.2) is 48.7 Å². The molecule has 26 heavy (non-hydrogen) atoms. The maximum Gasteiger partial charge on any atom is 0.418 e. The number of anilines is 1. The number of nitrogens with zero attached hydrogens (tertiary/aromatic N) is 3. The van der Waals surface area contributed by atoms with E-state index in [0.717, 1.165) is 35.1 Å². The van der Waals surface area contributed by atoms with Crippen molar-refractivity contribution in [2.75, 3.05) is 5.32 Å². The van der Waals surface area contributed by atoms with E-state index in [0.29, 0.717) is 0 Å². The summed E-state index contributed by atoms with van der Waals surface area (Å²) in [6.07, 6.45) is -3.61. The van der Waals surface area contributed by atoms with E-state index in [1.54, 1.807) is 0 Å². The van der Waals surface area contributed by atoms with Crippen LogP contribution in [0.3, 0.4) is 0 Å². The zero-order chi connectivity index (χ0) is 18.9. The molecule has 0 saturated carbocycles. The van der Waals surface area contributed by atoms with Gasteiger partial charge in [-0.05, 0) is 24.3 Å². The summed E-state index contributed by atoms with van der Waals surface area (Å²) in [5.74, 6) is -3.09. The molecule has 1 aromatic heterocycles. The predicted molar refractivity (Wildman–Crippen MR) is 80.7 cm³/mol. The summed E-state index contributed by atoms with van der Waals surface area (Å²) in [4.78, 5) is 12.1. The maximum absolute atomic E-state index is 13.1. The van der Waals surface area contributed by atoms with Gasteiger partial charge in [0.05, 0.1) is 17.4 Å². The van der Waals surface area contributed by atoms with Crippen LogP contribution >= 0.6 is 0 Å². The average molecular weight is 368 g/mol. The molecule has 1 heterocycles. The maximum atomic E-state index is 13.1. The van der Waals surface area contributed by atoms with Crippen molar-refractivity contribution < 1.29 is 26.7 Å². The zero-order valence-corrected chi connectivity index (χ0v) is 12.8. The molecule has 0 bridgehead atoms. The number of rotatable bonds is 3.